The van der Waals surface area contributed by atoms with Crippen molar-refractivity contribution in [2.75, 3.05) is 19.6 Å². The summed E-state index contributed by atoms with van der Waals surface area (Å²) in [5.74, 6) is 0.776. The van der Waals surface area contributed by atoms with Crippen molar-refractivity contribution < 1.29 is 4.79 Å². The molecule has 2 aromatic rings. The summed E-state index contributed by atoms with van der Waals surface area (Å²) in [6.45, 7) is 7.44. The molecule has 0 spiro atoms. The molecule has 0 aliphatic carbocycles. The maximum Gasteiger partial charge on any atom is 0.167 e. The van der Waals surface area contributed by atoms with Gasteiger partial charge in [-0.15, -0.1) is 0 Å². The summed E-state index contributed by atoms with van der Waals surface area (Å²) in [7, 11) is 0. The van der Waals surface area contributed by atoms with E-state index >= 15 is 0 Å². The van der Waals surface area contributed by atoms with Gasteiger partial charge in [0.2, 0.25) is 0 Å². The van der Waals surface area contributed by atoms with Gasteiger partial charge in [-0.2, -0.15) is 5.26 Å². The molecule has 0 saturated carbocycles. The molecule has 0 amide bonds. The Morgan fingerprint density at radius 2 is 2.00 bits per heavy atom. The number of carbonyl (C=O) groups excluding carboxylic acids is 1. The fourth-order valence-electron chi connectivity index (χ4n) is 3.68. The molecule has 1 fully saturated rings. The van der Waals surface area contributed by atoms with Crippen LogP contribution in [0, 0.1) is 23.2 Å². The van der Waals surface area contributed by atoms with E-state index in [0.717, 1.165) is 48.8 Å². The van der Waals surface area contributed by atoms with Crippen molar-refractivity contribution in [3.63, 3.8) is 0 Å². The topological polar surface area (TPSA) is 44.1 Å². The zero-order valence-corrected chi connectivity index (χ0v) is 14.5. The Labute approximate surface area is 143 Å². The summed E-state index contributed by atoms with van der Waals surface area (Å²) in [5.41, 5.74) is 1.44. The van der Waals surface area contributed by atoms with E-state index in [1.165, 1.54) is 0 Å². The first-order valence-corrected chi connectivity index (χ1v) is 8.83. The van der Waals surface area contributed by atoms with Gasteiger partial charge in [0.15, 0.2) is 5.78 Å². The van der Waals surface area contributed by atoms with Crippen LogP contribution in [0.15, 0.2) is 36.4 Å². The van der Waals surface area contributed by atoms with Crippen molar-refractivity contribution in [1.82, 2.24) is 4.90 Å². The molecule has 2 atom stereocenters. The first kappa shape index (κ1) is 16.7. The lowest BCUT2D eigenvalue weighted by molar-refractivity contribution is 0.0720. The average molecular weight is 320 g/mol. The predicted molar refractivity (Wildman–Crippen MR) is 97.0 cm³/mol. The summed E-state index contributed by atoms with van der Waals surface area (Å²) in [6, 6.07) is 13.6. The fourth-order valence-corrected chi connectivity index (χ4v) is 3.68. The van der Waals surface area contributed by atoms with Crippen LogP contribution in [0.3, 0.4) is 0 Å². The number of fused-ring (bicyclic) bond motifs is 1. The molecule has 1 heterocycles. The maximum absolute atomic E-state index is 13.0. The second-order valence-corrected chi connectivity index (χ2v) is 6.93. The fraction of sp³-hybridized carbons (Fsp3) is 0.429. The predicted octanol–water partition coefficient (Wildman–Crippen LogP) is 4.26. The minimum atomic E-state index is 0.0844. The minimum absolute atomic E-state index is 0.0844. The van der Waals surface area contributed by atoms with Gasteiger partial charge < -0.3 is 4.90 Å². The van der Waals surface area contributed by atoms with E-state index in [9.17, 15) is 4.79 Å². The Morgan fingerprint density at radius 3 is 2.75 bits per heavy atom. The minimum Gasteiger partial charge on any atom is -0.303 e. The number of hydrogen-bond donors (Lipinski definition) is 0. The third-order valence-corrected chi connectivity index (χ3v) is 5.17. The van der Waals surface area contributed by atoms with Gasteiger partial charge in [-0.25, -0.2) is 0 Å². The van der Waals surface area contributed by atoms with Gasteiger partial charge in [0.25, 0.3) is 0 Å². The SMILES string of the molecule is CCCN1CC[C@H](C)C(C(=O)c2ccc3cc(C#N)ccc3c2)C1. The molecule has 2 aromatic carbocycles. The molecule has 1 aliphatic rings. The van der Waals surface area contributed by atoms with Crippen LogP contribution >= 0.6 is 0 Å². The molecule has 1 saturated heterocycles. The average Bonchev–Trinajstić information content (AvgIpc) is 2.62. The van der Waals surface area contributed by atoms with Crippen molar-refractivity contribution in [1.29, 1.82) is 5.26 Å². The molecule has 124 valence electrons. The summed E-state index contributed by atoms with van der Waals surface area (Å²) < 4.78 is 0. The Morgan fingerprint density at radius 1 is 1.25 bits per heavy atom. The van der Waals surface area contributed by atoms with Crippen molar-refractivity contribution in [3.8, 4) is 6.07 Å². The second kappa shape index (κ2) is 7.15. The molecule has 0 bridgehead atoms. The summed E-state index contributed by atoms with van der Waals surface area (Å²) in [5, 5.41) is 11.0. The molecule has 1 aliphatic heterocycles. The quantitative estimate of drug-likeness (QED) is 0.791. The van der Waals surface area contributed by atoms with E-state index in [1.807, 2.05) is 36.4 Å². The van der Waals surface area contributed by atoms with Gasteiger partial charge in [-0.05, 0) is 60.8 Å². The maximum atomic E-state index is 13.0. The number of nitrogens with zero attached hydrogens (tertiary/aromatic N) is 2. The molecule has 24 heavy (non-hydrogen) atoms. The Bertz CT molecular complexity index is 790. The normalized spacial score (nSPS) is 21.5. The van der Waals surface area contributed by atoms with Crippen LogP contribution in [0.5, 0.6) is 0 Å². The first-order valence-electron chi connectivity index (χ1n) is 8.83. The Hall–Kier alpha value is -2.18. The van der Waals surface area contributed by atoms with E-state index in [1.54, 1.807) is 0 Å². The summed E-state index contributed by atoms with van der Waals surface area (Å²) in [6.07, 6.45) is 2.22. The van der Waals surface area contributed by atoms with Crippen LogP contribution in [-0.2, 0) is 0 Å². The number of Topliss-reactive ketones (excluding diaryl/α,β-unsaturated/α-hetero) is 1. The zero-order valence-electron chi connectivity index (χ0n) is 14.5. The number of carbonyl (C=O) groups is 1. The highest BCUT2D eigenvalue weighted by Gasteiger charge is 2.31. The highest BCUT2D eigenvalue weighted by molar-refractivity contribution is 6.01. The van der Waals surface area contributed by atoms with Gasteiger partial charge in [0.05, 0.1) is 11.6 Å². The molecular weight excluding hydrogens is 296 g/mol. The van der Waals surface area contributed by atoms with Gasteiger partial charge in [0, 0.05) is 18.0 Å². The lowest BCUT2D eigenvalue weighted by atomic mass is 9.81. The van der Waals surface area contributed by atoms with Crippen LogP contribution in [-0.4, -0.2) is 30.3 Å². The largest absolute Gasteiger partial charge is 0.303 e. The second-order valence-electron chi connectivity index (χ2n) is 6.93. The van der Waals surface area contributed by atoms with Crippen molar-refractivity contribution in [2.45, 2.75) is 26.7 Å². The van der Waals surface area contributed by atoms with Gasteiger partial charge in [-0.3, -0.25) is 4.79 Å². The molecule has 3 heteroatoms. The molecule has 1 unspecified atom stereocenters. The summed E-state index contributed by atoms with van der Waals surface area (Å²) >= 11 is 0. The van der Waals surface area contributed by atoms with Crippen molar-refractivity contribution in [3.05, 3.63) is 47.5 Å². The molecule has 0 radical (unpaired) electrons. The number of benzene rings is 2. The van der Waals surface area contributed by atoms with Crippen LogP contribution in [0.2, 0.25) is 0 Å². The number of rotatable bonds is 4. The number of likely N-dealkylation sites (tertiary alicyclic amines) is 1. The molecule has 0 N–H and O–H groups in total. The number of nitriles is 1. The van der Waals surface area contributed by atoms with E-state index < -0.39 is 0 Å². The van der Waals surface area contributed by atoms with Crippen LogP contribution in [0.4, 0.5) is 0 Å². The molecule has 3 nitrogen and oxygen atoms in total. The summed E-state index contributed by atoms with van der Waals surface area (Å²) in [4.78, 5) is 15.5. The highest BCUT2D eigenvalue weighted by atomic mass is 16.1. The third-order valence-electron chi connectivity index (χ3n) is 5.17. The lowest BCUT2D eigenvalue weighted by Crippen LogP contribution is -2.43. The van der Waals surface area contributed by atoms with Crippen LogP contribution in [0.25, 0.3) is 10.8 Å². The monoisotopic (exact) mass is 320 g/mol. The zero-order chi connectivity index (χ0) is 17.1. The number of piperidine rings is 1. The van der Waals surface area contributed by atoms with E-state index in [-0.39, 0.29) is 11.7 Å². The lowest BCUT2D eigenvalue weighted by Gasteiger charge is -2.36. The number of hydrogen-bond acceptors (Lipinski definition) is 3. The molecule has 3 rings (SSSR count). The number of ketones is 1. The Balaban J connectivity index is 1.86. The first-order chi connectivity index (χ1) is 11.6. The van der Waals surface area contributed by atoms with Gasteiger partial charge in [-0.1, -0.05) is 32.0 Å². The molecule has 0 aromatic heterocycles. The molecular formula is C21H24N2O. The van der Waals surface area contributed by atoms with Crippen molar-refractivity contribution >= 4 is 16.6 Å². The van der Waals surface area contributed by atoms with Gasteiger partial charge >= 0.3 is 0 Å². The van der Waals surface area contributed by atoms with Crippen LogP contribution in [0.1, 0.15) is 42.6 Å². The van der Waals surface area contributed by atoms with E-state index in [4.69, 9.17) is 5.26 Å². The van der Waals surface area contributed by atoms with Gasteiger partial charge in [0.1, 0.15) is 0 Å². The Kier molecular flexibility index (Phi) is 4.97. The van der Waals surface area contributed by atoms with E-state index in [2.05, 4.69) is 24.8 Å². The van der Waals surface area contributed by atoms with Crippen LogP contribution < -0.4 is 0 Å². The highest BCUT2D eigenvalue weighted by Crippen LogP contribution is 2.28. The van der Waals surface area contributed by atoms with E-state index in [0.29, 0.717) is 11.5 Å². The third kappa shape index (κ3) is 3.34. The van der Waals surface area contributed by atoms with Crippen molar-refractivity contribution in [2.24, 2.45) is 11.8 Å². The standard InChI is InChI=1S/C21H24N2O/c1-3-9-23-10-8-15(2)20(14-23)21(24)19-7-6-17-11-16(13-22)4-5-18(17)12-19/h4-7,11-12,15,20H,3,8-10,14H2,1-2H3/t15-,20?/m0/s1. The smallest absolute Gasteiger partial charge is 0.167 e.